The van der Waals surface area contributed by atoms with Gasteiger partial charge in [0.25, 0.3) is 5.91 Å². The van der Waals surface area contributed by atoms with E-state index in [1.807, 2.05) is 62.4 Å². The van der Waals surface area contributed by atoms with Gasteiger partial charge in [-0.3, -0.25) is 9.89 Å². The first-order chi connectivity index (χ1) is 15.9. The lowest BCUT2D eigenvalue weighted by Crippen LogP contribution is -2.71. The number of aromatic nitrogens is 2. The zero-order valence-electron chi connectivity index (χ0n) is 18.5. The average Bonchev–Trinajstić information content (AvgIpc) is 3.19. The first kappa shape index (κ1) is 21.9. The molecule has 168 valence electrons. The summed E-state index contributed by atoms with van der Waals surface area (Å²) in [6.07, 6.45) is 1.52. The van der Waals surface area contributed by atoms with Crippen LogP contribution < -0.4 is 16.0 Å². The number of urea groups is 1. The number of nitrogens with zero attached hydrogens (tertiary/aromatic N) is 3. The maximum Gasteiger partial charge on any atom is 0.322 e. The molecule has 2 aromatic carbocycles. The summed E-state index contributed by atoms with van der Waals surface area (Å²) in [6.45, 7) is 4.41. The Balaban J connectivity index is 1.41. The van der Waals surface area contributed by atoms with Crippen molar-refractivity contribution in [3.05, 3.63) is 71.4 Å². The number of amides is 3. The van der Waals surface area contributed by atoms with Gasteiger partial charge in [0.1, 0.15) is 11.4 Å². The smallest absolute Gasteiger partial charge is 0.322 e. The Labute approximate surface area is 191 Å². The standard InChI is InChI=1S/C24H25N7O2/c1-16-10-17(2)12-19(11-16)28-23(33)31-14-24(15-31,8-9-25)29-22(32)20-13-26-30-21(20)27-18-6-4-3-5-7-18/h3-7,10-13H,8,14-15H2,1-2H3,(H,28,33)(H,29,32)(H2,26,27,30). The Morgan fingerprint density at radius 1 is 1.12 bits per heavy atom. The summed E-state index contributed by atoms with van der Waals surface area (Å²) in [5, 5.41) is 25.1. The Kier molecular flexibility index (Phi) is 6.00. The van der Waals surface area contributed by atoms with Gasteiger partial charge in [-0.2, -0.15) is 10.4 Å². The molecule has 1 aliphatic rings. The quantitative estimate of drug-likeness (QED) is 0.462. The number of benzene rings is 2. The molecule has 0 atom stereocenters. The van der Waals surface area contributed by atoms with Gasteiger partial charge in [0.15, 0.2) is 0 Å². The molecule has 2 heterocycles. The van der Waals surface area contributed by atoms with Gasteiger partial charge in [-0.05, 0) is 49.2 Å². The van der Waals surface area contributed by atoms with Gasteiger partial charge in [0, 0.05) is 24.5 Å². The van der Waals surface area contributed by atoms with Crippen molar-refractivity contribution in [3.63, 3.8) is 0 Å². The van der Waals surface area contributed by atoms with Gasteiger partial charge < -0.3 is 20.9 Å². The van der Waals surface area contributed by atoms with E-state index in [9.17, 15) is 14.9 Å². The van der Waals surface area contributed by atoms with E-state index in [4.69, 9.17) is 0 Å². The summed E-state index contributed by atoms with van der Waals surface area (Å²) < 4.78 is 0. The molecule has 4 rings (SSSR count). The van der Waals surface area contributed by atoms with E-state index in [1.165, 1.54) is 6.20 Å². The SMILES string of the molecule is Cc1cc(C)cc(NC(=O)N2CC(CC#N)(NC(=O)c3cn[nH]c3Nc3ccccc3)C2)c1. The molecule has 33 heavy (non-hydrogen) atoms. The lowest BCUT2D eigenvalue weighted by Gasteiger charge is -2.49. The van der Waals surface area contributed by atoms with E-state index < -0.39 is 5.54 Å². The van der Waals surface area contributed by atoms with E-state index in [-0.39, 0.29) is 31.4 Å². The van der Waals surface area contributed by atoms with E-state index in [2.05, 4.69) is 32.2 Å². The summed E-state index contributed by atoms with van der Waals surface area (Å²) in [6, 6.07) is 17.1. The van der Waals surface area contributed by atoms with Crippen LogP contribution in [0.25, 0.3) is 0 Å². The van der Waals surface area contributed by atoms with E-state index in [1.54, 1.807) is 4.90 Å². The summed E-state index contributed by atoms with van der Waals surface area (Å²) in [5.41, 5.74) is 3.15. The molecule has 0 radical (unpaired) electrons. The summed E-state index contributed by atoms with van der Waals surface area (Å²) in [7, 11) is 0. The second-order valence-corrected chi connectivity index (χ2v) is 8.38. The highest BCUT2D eigenvalue weighted by molar-refractivity contribution is 6.00. The third kappa shape index (κ3) is 4.96. The molecule has 0 bridgehead atoms. The monoisotopic (exact) mass is 443 g/mol. The van der Waals surface area contributed by atoms with Crippen LogP contribution in [0, 0.1) is 25.2 Å². The highest BCUT2D eigenvalue weighted by Crippen LogP contribution is 2.27. The number of hydrogen-bond donors (Lipinski definition) is 4. The fraction of sp³-hybridized carbons (Fsp3) is 0.250. The first-order valence-corrected chi connectivity index (χ1v) is 10.6. The largest absolute Gasteiger partial charge is 0.342 e. The fourth-order valence-corrected chi connectivity index (χ4v) is 3.99. The molecule has 1 fully saturated rings. The van der Waals surface area contributed by atoms with Gasteiger partial charge in [-0.15, -0.1) is 0 Å². The maximum atomic E-state index is 13.0. The topological polar surface area (TPSA) is 126 Å². The molecular formula is C24H25N7O2. The number of nitrogens with one attached hydrogen (secondary N) is 4. The third-order valence-electron chi connectivity index (χ3n) is 5.47. The molecule has 0 aliphatic carbocycles. The fourth-order valence-electron chi connectivity index (χ4n) is 3.99. The Hall–Kier alpha value is -4.32. The second-order valence-electron chi connectivity index (χ2n) is 8.38. The molecule has 0 unspecified atom stereocenters. The molecule has 1 aliphatic heterocycles. The number of aromatic amines is 1. The molecule has 9 nitrogen and oxygen atoms in total. The molecule has 0 spiro atoms. The molecular weight excluding hydrogens is 418 g/mol. The van der Waals surface area contributed by atoms with Gasteiger partial charge >= 0.3 is 6.03 Å². The molecule has 1 saturated heterocycles. The van der Waals surface area contributed by atoms with Crippen molar-refractivity contribution in [3.8, 4) is 6.07 Å². The number of anilines is 3. The number of para-hydroxylation sites is 1. The van der Waals surface area contributed by atoms with Crippen LogP contribution in [0.15, 0.2) is 54.7 Å². The van der Waals surface area contributed by atoms with Crippen molar-refractivity contribution in [1.29, 1.82) is 5.26 Å². The minimum absolute atomic E-state index is 0.0887. The van der Waals surface area contributed by atoms with Crippen molar-refractivity contribution in [2.24, 2.45) is 0 Å². The number of likely N-dealkylation sites (tertiary alicyclic amines) is 1. The molecule has 9 heteroatoms. The highest BCUT2D eigenvalue weighted by Gasteiger charge is 2.46. The van der Waals surface area contributed by atoms with Gasteiger partial charge in [0.05, 0.1) is 24.2 Å². The average molecular weight is 444 g/mol. The van der Waals surface area contributed by atoms with E-state index >= 15 is 0 Å². The van der Waals surface area contributed by atoms with Crippen molar-refractivity contribution >= 4 is 29.1 Å². The maximum absolute atomic E-state index is 13.0. The number of rotatable bonds is 6. The number of H-pyrrole nitrogens is 1. The third-order valence-corrected chi connectivity index (χ3v) is 5.47. The van der Waals surface area contributed by atoms with Crippen LogP contribution in [0.1, 0.15) is 27.9 Å². The van der Waals surface area contributed by atoms with Gasteiger partial charge in [0.2, 0.25) is 0 Å². The predicted octanol–water partition coefficient (Wildman–Crippen LogP) is 3.70. The molecule has 0 saturated carbocycles. The number of hydrogen-bond acceptors (Lipinski definition) is 5. The van der Waals surface area contributed by atoms with Crippen LogP contribution in [0.4, 0.5) is 22.0 Å². The van der Waals surface area contributed by atoms with E-state index in [0.717, 1.165) is 16.8 Å². The summed E-state index contributed by atoms with van der Waals surface area (Å²) in [5.74, 6) is 0.0846. The Bertz CT molecular complexity index is 1190. The van der Waals surface area contributed by atoms with Crippen molar-refractivity contribution in [2.75, 3.05) is 23.7 Å². The normalized spacial score (nSPS) is 14.0. The molecule has 3 aromatic rings. The number of nitriles is 1. The minimum Gasteiger partial charge on any atom is -0.342 e. The van der Waals surface area contributed by atoms with Crippen molar-refractivity contribution in [1.82, 2.24) is 20.4 Å². The zero-order valence-corrected chi connectivity index (χ0v) is 18.5. The highest BCUT2D eigenvalue weighted by atomic mass is 16.2. The predicted molar refractivity (Wildman–Crippen MR) is 125 cm³/mol. The second kappa shape index (κ2) is 9.04. The first-order valence-electron chi connectivity index (χ1n) is 10.6. The van der Waals surface area contributed by atoms with Crippen LogP contribution in [0.2, 0.25) is 0 Å². The molecule has 1 aromatic heterocycles. The number of aryl methyl sites for hydroxylation is 2. The van der Waals surface area contributed by atoms with Crippen LogP contribution in [0.3, 0.4) is 0 Å². The van der Waals surface area contributed by atoms with Crippen LogP contribution in [-0.4, -0.2) is 45.7 Å². The number of carbonyl (C=O) groups excluding carboxylic acids is 2. The lowest BCUT2D eigenvalue weighted by atomic mass is 9.86. The number of carbonyl (C=O) groups is 2. The lowest BCUT2D eigenvalue weighted by molar-refractivity contribution is 0.0609. The molecule has 3 amide bonds. The molecule has 4 N–H and O–H groups in total. The zero-order chi connectivity index (χ0) is 23.4. The van der Waals surface area contributed by atoms with E-state index in [0.29, 0.717) is 17.1 Å². The van der Waals surface area contributed by atoms with Gasteiger partial charge in [-0.25, -0.2) is 4.79 Å². The minimum atomic E-state index is -0.813. The van der Waals surface area contributed by atoms with Crippen LogP contribution in [0.5, 0.6) is 0 Å². The summed E-state index contributed by atoms with van der Waals surface area (Å²) >= 11 is 0. The van der Waals surface area contributed by atoms with Crippen molar-refractivity contribution in [2.45, 2.75) is 25.8 Å². The van der Waals surface area contributed by atoms with Crippen LogP contribution in [-0.2, 0) is 0 Å². The van der Waals surface area contributed by atoms with Crippen LogP contribution >= 0.6 is 0 Å². The Morgan fingerprint density at radius 2 is 1.82 bits per heavy atom. The van der Waals surface area contributed by atoms with Crippen molar-refractivity contribution < 1.29 is 9.59 Å². The summed E-state index contributed by atoms with van der Waals surface area (Å²) in [4.78, 5) is 27.3. The van der Waals surface area contributed by atoms with Gasteiger partial charge in [-0.1, -0.05) is 24.3 Å². The Morgan fingerprint density at radius 3 is 2.48 bits per heavy atom.